The average Bonchev–Trinajstić information content (AvgIpc) is 2.40. The van der Waals surface area contributed by atoms with E-state index in [4.69, 9.17) is 5.73 Å². The maximum Gasteiger partial charge on any atom is 0.238 e. The lowest BCUT2D eigenvalue weighted by atomic mass is 9.98. The van der Waals surface area contributed by atoms with Crippen LogP contribution < -0.4 is 11.1 Å². The van der Waals surface area contributed by atoms with Crippen LogP contribution >= 0.6 is 12.4 Å². The summed E-state index contributed by atoms with van der Waals surface area (Å²) in [6, 6.07) is 9.57. The fraction of sp³-hybridized carbons (Fsp3) is 0.500. The first-order chi connectivity index (χ1) is 8.78. The highest BCUT2D eigenvalue weighted by molar-refractivity contribution is 5.92. The van der Waals surface area contributed by atoms with E-state index in [1.165, 1.54) is 6.42 Å². The van der Waals surface area contributed by atoms with E-state index in [0.29, 0.717) is 12.5 Å². The molecule has 5 heteroatoms. The normalized spacial score (nSPS) is 19.5. The van der Waals surface area contributed by atoms with E-state index in [1.807, 2.05) is 30.3 Å². The van der Waals surface area contributed by atoms with Gasteiger partial charge in [0.2, 0.25) is 5.91 Å². The second kappa shape index (κ2) is 8.15. The van der Waals surface area contributed by atoms with E-state index in [1.54, 1.807) is 0 Å². The SMILES string of the molecule is Cl.NCC1CCCN(CC(=O)Nc2ccccc2)C1. The molecule has 19 heavy (non-hydrogen) atoms. The van der Waals surface area contributed by atoms with Gasteiger partial charge in [0.05, 0.1) is 6.54 Å². The molecule has 4 nitrogen and oxygen atoms in total. The molecular formula is C14H22ClN3O. The monoisotopic (exact) mass is 283 g/mol. The van der Waals surface area contributed by atoms with Crippen molar-refractivity contribution in [1.82, 2.24) is 4.90 Å². The van der Waals surface area contributed by atoms with E-state index in [9.17, 15) is 4.79 Å². The lowest BCUT2D eigenvalue weighted by molar-refractivity contribution is -0.117. The van der Waals surface area contributed by atoms with Gasteiger partial charge >= 0.3 is 0 Å². The van der Waals surface area contributed by atoms with Crippen LogP contribution in [0.2, 0.25) is 0 Å². The minimum atomic E-state index is 0. The standard InChI is InChI=1S/C14H21N3O.ClH/c15-9-12-5-4-8-17(10-12)11-14(18)16-13-6-2-1-3-7-13;/h1-3,6-7,12H,4-5,8-11,15H2,(H,16,18);1H. The van der Waals surface area contributed by atoms with Crippen molar-refractivity contribution >= 4 is 24.0 Å². The van der Waals surface area contributed by atoms with Gasteiger partial charge in [0.15, 0.2) is 0 Å². The summed E-state index contributed by atoms with van der Waals surface area (Å²) in [4.78, 5) is 14.1. The third-order valence-electron chi connectivity index (χ3n) is 3.36. The molecule has 0 bridgehead atoms. The number of hydrogen-bond donors (Lipinski definition) is 2. The van der Waals surface area contributed by atoms with E-state index in [0.717, 1.165) is 31.7 Å². The first-order valence-electron chi connectivity index (χ1n) is 6.55. The van der Waals surface area contributed by atoms with Crippen LogP contribution in [0.25, 0.3) is 0 Å². The summed E-state index contributed by atoms with van der Waals surface area (Å²) in [5, 5.41) is 2.91. The zero-order valence-electron chi connectivity index (χ0n) is 11.0. The summed E-state index contributed by atoms with van der Waals surface area (Å²) in [7, 11) is 0. The molecule has 1 saturated heterocycles. The molecule has 1 heterocycles. The number of anilines is 1. The fourth-order valence-electron chi connectivity index (χ4n) is 2.41. The number of para-hydroxylation sites is 1. The molecule has 1 amide bonds. The number of amides is 1. The zero-order valence-corrected chi connectivity index (χ0v) is 11.9. The van der Waals surface area contributed by atoms with Crippen molar-refractivity contribution in [2.45, 2.75) is 12.8 Å². The van der Waals surface area contributed by atoms with Crippen LogP contribution in [-0.2, 0) is 4.79 Å². The first kappa shape index (κ1) is 16.0. The van der Waals surface area contributed by atoms with E-state index >= 15 is 0 Å². The van der Waals surface area contributed by atoms with Crippen LogP contribution in [0, 0.1) is 5.92 Å². The lowest BCUT2D eigenvalue weighted by Crippen LogP contribution is -2.42. The van der Waals surface area contributed by atoms with Crippen molar-refractivity contribution in [3.63, 3.8) is 0 Å². The number of carbonyl (C=O) groups is 1. The Kier molecular flexibility index (Phi) is 6.84. The Morgan fingerprint density at radius 2 is 2.11 bits per heavy atom. The average molecular weight is 284 g/mol. The van der Waals surface area contributed by atoms with Gasteiger partial charge in [0.25, 0.3) is 0 Å². The molecule has 1 aliphatic heterocycles. The minimum Gasteiger partial charge on any atom is -0.330 e. The molecule has 1 atom stereocenters. The summed E-state index contributed by atoms with van der Waals surface area (Å²) in [6.07, 6.45) is 2.33. The molecule has 1 unspecified atom stereocenters. The molecule has 2 rings (SSSR count). The van der Waals surface area contributed by atoms with Gasteiger partial charge in [0.1, 0.15) is 0 Å². The molecule has 1 aliphatic rings. The van der Waals surface area contributed by atoms with Gasteiger partial charge in [0, 0.05) is 12.2 Å². The van der Waals surface area contributed by atoms with Crippen LogP contribution in [0.15, 0.2) is 30.3 Å². The Bertz CT molecular complexity index is 386. The number of halogens is 1. The van der Waals surface area contributed by atoms with Gasteiger partial charge in [-0.1, -0.05) is 18.2 Å². The number of piperidine rings is 1. The molecule has 1 fully saturated rings. The summed E-state index contributed by atoms with van der Waals surface area (Å²) >= 11 is 0. The summed E-state index contributed by atoms with van der Waals surface area (Å²) < 4.78 is 0. The van der Waals surface area contributed by atoms with Gasteiger partial charge in [-0.05, 0) is 44.0 Å². The fourth-order valence-corrected chi connectivity index (χ4v) is 2.41. The summed E-state index contributed by atoms with van der Waals surface area (Å²) in [5.41, 5.74) is 6.55. The maximum absolute atomic E-state index is 11.9. The van der Waals surface area contributed by atoms with Gasteiger partial charge in [-0.15, -0.1) is 12.4 Å². The number of carbonyl (C=O) groups excluding carboxylic acids is 1. The molecule has 106 valence electrons. The molecule has 3 N–H and O–H groups in total. The zero-order chi connectivity index (χ0) is 12.8. The molecule has 0 radical (unpaired) electrons. The minimum absolute atomic E-state index is 0. The second-order valence-corrected chi connectivity index (χ2v) is 4.89. The van der Waals surface area contributed by atoms with Crippen LogP contribution in [-0.4, -0.2) is 37.0 Å². The predicted octanol–water partition coefficient (Wildman–Crippen LogP) is 1.72. The van der Waals surface area contributed by atoms with Crippen molar-refractivity contribution in [3.05, 3.63) is 30.3 Å². The smallest absolute Gasteiger partial charge is 0.238 e. The van der Waals surface area contributed by atoms with Crippen LogP contribution in [0.1, 0.15) is 12.8 Å². The van der Waals surface area contributed by atoms with Crippen LogP contribution in [0.4, 0.5) is 5.69 Å². The van der Waals surface area contributed by atoms with Gasteiger partial charge < -0.3 is 11.1 Å². The van der Waals surface area contributed by atoms with Crippen LogP contribution in [0.3, 0.4) is 0 Å². The number of nitrogens with one attached hydrogen (secondary N) is 1. The van der Waals surface area contributed by atoms with E-state index < -0.39 is 0 Å². The van der Waals surface area contributed by atoms with Crippen molar-refractivity contribution in [3.8, 4) is 0 Å². The topological polar surface area (TPSA) is 58.4 Å². The van der Waals surface area contributed by atoms with E-state index in [-0.39, 0.29) is 18.3 Å². The highest BCUT2D eigenvalue weighted by Gasteiger charge is 2.20. The van der Waals surface area contributed by atoms with Crippen LogP contribution in [0.5, 0.6) is 0 Å². The van der Waals surface area contributed by atoms with Gasteiger partial charge in [-0.2, -0.15) is 0 Å². The molecule has 0 saturated carbocycles. The predicted molar refractivity (Wildman–Crippen MR) is 80.5 cm³/mol. The van der Waals surface area contributed by atoms with Crippen molar-refractivity contribution in [2.75, 3.05) is 31.5 Å². The van der Waals surface area contributed by atoms with Crippen molar-refractivity contribution < 1.29 is 4.79 Å². The number of nitrogens with zero attached hydrogens (tertiary/aromatic N) is 1. The van der Waals surface area contributed by atoms with Crippen molar-refractivity contribution in [2.24, 2.45) is 11.7 Å². The third-order valence-corrected chi connectivity index (χ3v) is 3.36. The first-order valence-corrected chi connectivity index (χ1v) is 6.55. The molecule has 0 spiro atoms. The molecule has 0 aliphatic carbocycles. The largest absolute Gasteiger partial charge is 0.330 e. The number of nitrogens with two attached hydrogens (primary N) is 1. The second-order valence-electron chi connectivity index (χ2n) is 4.89. The Hall–Kier alpha value is -1.10. The highest BCUT2D eigenvalue weighted by Crippen LogP contribution is 2.15. The maximum atomic E-state index is 11.9. The highest BCUT2D eigenvalue weighted by atomic mass is 35.5. The molecule has 1 aromatic carbocycles. The molecule has 0 aromatic heterocycles. The Morgan fingerprint density at radius 3 is 2.79 bits per heavy atom. The van der Waals surface area contributed by atoms with Gasteiger partial charge in [-0.25, -0.2) is 0 Å². The number of likely N-dealkylation sites (tertiary alicyclic amines) is 1. The Balaban J connectivity index is 0.00000180. The van der Waals surface area contributed by atoms with E-state index in [2.05, 4.69) is 10.2 Å². The molecule has 1 aromatic rings. The quantitative estimate of drug-likeness (QED) is 0.885. The number of rotatable bonds is 4. The Morgan fingerprint density at radius 1 is 1.37 bits per heavy atom. The van der Waals surface area contributed by atoms with Crippen molar-refractivity contribution in [1.29, 1.82) is 0 Å². The number of benzene rings is 1. The third kappa shape index (κ3) is 5.19. The summed E-state index contributed by atoms with van der Waals surface area (Å²) in [5.74, 6) is 0.599. The Labute approximate surface area is 120 Å². The molecular weight excluding hydrogens is 262 g/mol. The van der Waals surface area contributed by atoms with Gasteiger partial charge in [-0.3, -0.25) is 9.69 Å². The number of hydrogen-bond acceptors (Lipinski definition) is 3. The lowest BCUT2D eigenvalue weighted by Gasteiger charge is -2.31. The summed E-state index contributed by atoms with van der Waals surface area (Å²) in [6.45, 7) is 3.12.